The molecule has 1 unspecified atom stereocenters. The first-order valence-electron chi connectivity index (χ1n) is 6.90. The van der Waals surface area contributed by atoms with Crippen molar-refractivity contribution in [3.63, 3.8) is 0 Å². The molecule has 1 atom stereocenters. The molecule has 1 aliphatic rings. The highest BCUT2D eigenvalue weighted by molar-refractivity contribution is 8.13. The summed E-state index contributed by atoms with van der Waals surface area (Å²) in [5, 5.41) is 0.113. The van der Waals surface area contributed by atoms with E-state index in [4.69, 9.17) is 22.3 Å². The van der Waals surface area contributed by atoms with E-state index in [-0.39, 0.29) is 27.4 Å². The van der Waals surface area contributed by atoms with Gasteiger partial charge in [-0.1, -0.05) is 24.6 Å². The topological polar surface area (TPSA) is 54.5 Å². The average molecular weight is 350 g/mol. The summed E-state index contributed by atoms with van der Waals surface area (Å²) in [7, 11) is 1.41. The molecule has 0 radical (unpaired) electrons. The van der Waals surface area contributed by atoms with Crippen LogP contribution in [0.4, 0.5) is 0 Å². The number of benzene rings is 1. The normalized spacial score (nSPS) is 19.6. The van der Waals surface area contributed by atoms with E-state index >= 15 is 0 Å². The lowest BCUT2D eigenvalue weighted by atomic mass is 9.99. The minimum Gasteiger partial charge on any atom is -0.336 e. The molecule has 1 aromatic carbocycles. The Hall–Kier alpha value is -0.780. The van der Waals surface area contributed by atoms with Gasteiger partial charge in [-0.2, -0.15) is 0 Å². The molecule has 0 aromatic heterocycles. The van der Waals surface area contributed by atoms with Crippen LogP contribution in [0.1, 0.15) is 43.0 Å². The average Bonchev–Trinajstić information content (AvgIpc) is 2.45. The number of nitrogens with zero attached hydrogens (tertiary/aromatic N) is 1. The van der Waals surface area contributed by atoms with Crippen molar-refractivity contribution in [3.8, 4) is 0 Å². The standard InChI is InChI=1S/C14H17Cl2NO3S/c1-2-10-6-3-4-9-17(10)14(18)13-11(15)7-5-8-12(13)21(16,19)20/h5,7-8,10H,2-4,6,9H2,1H3. The number of likely N-dealkylation sites (tertiary alicyclic amines) is 1. The third kappa shape index (κ3) is 3.52. The Balaban J connectivity index is 2.48. The van der Waals surface area contributed by atoms with Gasteiger partial charge in [-0.15, -0.1) is 0 Å². The number of hydrogen-bond acceptors (Lipinski definition) is 3. The maximum Gasteiger partial charge on any atom is 0.262 e. The summed E-state index contributed by atoms with van der Waals surface area (Å²) in [4.78, 5) is 14.3. The second-order valence-corrected chi connectivity index (χ2v) is 8.05. The maximum atomic E-state index is 12.8. The smallest absolute Gasteiger partial charge is 0.262 e. The fraction of sp³-hybridized carbons (Fsp3) is 0.500. The third-order valence-corrected chi connectivity index (χ3v) is 5.49. The Bertz CT molecular complexity index is 646. The number of piperidine rings is 1. The molecule has 1 heterocycles. The van der Waals surface area contributed by atoms with Gasteiger partial charge in [0, 0.05) is 23.3 Å². The lowest BCUT2D eigenvalue weighted by Gasteiger charge is -2.35. The van der Waals surface area contributed by atoms with E-state index in [1.807, 2.05) is 6.92 Å². The molecule has 0 spiro atoms. The van der Waals surface area contributed by atoms with Gasteiger partial charge in [0.1, 0.15) is 0 Å². The van der Waals surface area contributed by atoms with Crippen LogP contribution in [0.5, 0.6) is 0 Å². The van der Waals surface area contributed by atoms with Gasteiger partial charge >= 0.3 is 0 Å². The molecule has 116 valence electrons. The molecule has 1 saturated heterocycles. The van der Waals surface area contributed by atoms with Gasteiger partial charge in [-0.3, -0.25) is 4.79 Å². The van der Waals surface area contributed by atoms with Crippen molar-refractivity contribution in [2.75, 3.05) is 6.54 Å². The van der Waals surface area contributed by atoms with E-state index in [0.29, 0.717) is 6.54 Å². The molecule has 0 bridgehead atoms. The van der Waals surface area contributed by atoms with Crippen LogP contribution in [0, 0.1) is 0 Å². The molecule has 1 aliphatic heterocycles. The molecule has 0 N–H and O–H groups in total. The van der Waals surface area contributed by atoms with Crippen LogP contribution < -0.4 is 0 Å². The van der Waals surface area contributed by atoms with Gasteiger partial charge in [0.25, 0.3) is 15.0 Å². The molecular weight excluding hydrogens is 333 g/mol. The lowest BCUT2D eigenvalue weighted by molar-refractivity contribution is 0.0604. The minimum absolute atomic E-state index is 0.0190. The predicted octanol–water partition coefficient (Wildman–Crippen LogP) is 3.67. The molecule has 21 heavy (non-hydrogen) atoms. The molecular formula is C14H17Cl2NO3S. The van der Waals surface area contributed by atoms with Gasteiger partial charge in [0.05, 0.1) is 15.5 Å². The highest BCUT2D eigenvalue weighted by atomic mass is 35.7. The molecule has 1 amide bonds. The summed E-state index contributed by atoms with van der Waals surface area (Å²) in [6.45, 7) is 2.63. The number of halogens is 2. The SMILES string of the molecule is CCC1CCCCN1C(=O)c1c(Cl)cccc1S(=O)(=O)Cl. The lowest BCUT2D eigenvalue weighted by Crippen LogP contribution is -2.43. The van der Waals surface area contributed by atoms with E-state index in [9.17, 15) is 13.2 Å². The van der Waals surface area contributed by atoms with E-state index in [2.05, 4.69) is 0 Å². The van der Waals surface area contributed by atoms with Gasteiger partial charge < -0.3 is 4.90 Å². The molecule has 1 aromatic rings. The zero-order valence-electron chi connectivity index (χ0n) is 11.7. The fourth-order valence-corrected chi connectivity index (χ4v) is 4.13. The molecule has 2 rings (SSSR count). The van der Waals surface area contributed by atoms with E-state index in [1.54, 1.807) is 4.90 Å². The van der Waals surface area contributed by atoms with Gasteiger partial charge in [0.15, 0.2) is 0 Å². The highest BCUT2D eigenvalue weighted by Crippen LogP contribution is 2.30. The van der Waals surface area contributed by atoms with Crippen LogP contribution in [0.15, 0.2) is 23.1 Å². The summed E-state index contributed by atoms with van der Waals surface area (Å²) in [5.74, 6) is -0.355. The summed E-state index contributed by atoms with van der Waals surface area (Å²) >= 11 is 6.07. The molecule has 4 nitrogen and oxygen atoms in total. The zero-order valence-corrected chi connectivity index (χ0v) is 14.0. The van der Waals surface area contributed by atoms with Crippen molar-refractivity contribution in [2.24, 2.45) is 0 Å². The molecule has 0 aliphatic carbocycles. The maximum absolute atomic E-state index is 12.8. The monoisotopic (exact) mass is 349 g/mol. The van der Waals surface area contributed by atoms with Crippen LogP contribution in [-0.4, -0.2) is 31.8 Å². The number of amides is 1. The van der Waals surface area contributed by atoms with Crippen LogP contribution in [0.3, 0.4) is 0 Å². The first-order valence-corrected chi connectivity index (χ1v) is 9.59. The van der Waals surface area contributed by atoms with Gasteiger partial charge in [0.2, 0.25) is 0 Å². The zero-order chi connectivity index (χ0) is 15.6. The van der Waals surface area contributed by atoms with Crippen LogP contribution in [0.2, 0.25) is 5.02 Å². The van der Waals surface area contributed by atoms with Crippen molar-refractivity contribution in [1.82, 2.24) is 4.90 Å². The van der Waals surface area contributed by atoms with E-state index < -0.39 is 9.05 Å². The first-order chi connectivity index (χ1) is 9.86. The molecule has 1 fully saturated rings. The second-order valence-electron chi connectivity index (χ2n) is 5.11. The Morgan fingerprint density at radius 3 is 2.71 bits per heavy atom. The summed E-state index contributed by atoms with van der Waals surface area (Å²) in [5.41, 5.74) is -0.0190. The summed E-state index contributed by atoms with van der Waals surface area (Å²) in [6, 6.07) is 4.41. The van der Waals surface area contributed by atoms with E-state index in [0.717, 1.165) is 25.7 Å². The first kappa shape index (κ1) is 16.6. The van der Waals surface area contributed by atoms with Crippen LogP contribution >= 0.6 is 22.3 Å². The largest absolute Gasteiger partial charge is 0.336 e. The predicted molar refractivity (Wildman–Crippen MR) is 83.5 cm³/mol. The number of carbonyl (C=O) groups is 1. The van der Waals surface area contributed by atoms with Gasteiger partial charge in [-0.25, -0.2) is 8.42 Å². The highest BCUT2D eigenvalue weighted by Gasteiger charge is 2.31. The van der Waals surface area contributed by atoms with Crippen molar-refractivity contribution in [1.29, 1.82) is 0 Å². The van der Waals surface area contributed by atoms with E-state index in [1.165, 1.54) is 18.2 Å². The summed E-state index contributed by atoms with van der Waals surface area (Å²) < 4.78 is 23.4. The third-order valence-electron chi connectivity index (χ3n) is 3.81. The fourth-order valence-electron chi connectivity index (χ4n) is 2.75. The van der Waals surface area contributed by atoms with Crippen molar-refractivity contribution in [2.45, 2.75) is 43.5 Å². The number of hydrogen-bond donors (Lipinski definition) is 0. The van der Waals surface area contributed by atoms with Crippen LogP contribution in [-0.2, 0) is 9.05 Å². The van der Waals surface area contributed by atoms with Crippen LogP contribution in [0.25, 0.3) is 0 Å². The quantitative estimate of drug-likeness (QED) is 0.782. The Morgan fingerprint density at radius 2 is 2.10 bits per heavy atom. The Labute approximate surface area is 134 Å². The Kier molecular flexibility index (Phi) is 5.17. The van der Waals surface area contributed by atoms with Crippen molar-refractivity contribution < 1.29 is 13.2 Å². The number of rotatable bonds is 3. The second kappa shape index (κ2) is 6.55. The Morgan fingerprint density at radius 1 is 1.38 bits per heavy atom. The van der Waals surface area contributed by atoms with Crippen molar-refractivity contribution >= 4 is 37.2 Å². The van der Waals surface area contributed by atoms with Crippen molar-refractivity contribution in [3.05, 3.63) is 28.8 Å². The molecule has 7 heteroatoms. The summed E-state index contributed by atoms with van der Waals surface area (Å²) in [6.07, 6.45) is 3.75. The number of carbonyl (C=O) groups excluding carboxylic acids is 1. The minimum atomic E-state index is -4.02. The molecule has 0 saturated carbocycles. The van der Waals surface area contributed by atoms with Gasteiger partial charge in [-0.05, 0) is 37.8 Å².